The molecule has 1 unspecified atom stereocenters. The van der Waals surface area contributed by atoms with Crippen molar-refractivity contribution in [3.8, 4) is 5.75 Å². The van der Waals surface area contributed by atoms with E-state index in [0.29, 0.717) is 22.7 Å². The summed E-state index contributed by atoms with van der Waals surface area (Å²) in [4.78, 5) is 25.0. The Hall–Kier alpha value is -3.60. The van der Waals surface area contributed by atoms with Crippen molar-refractivity contribution in [1.82, 2.24) is 0 Å². The Morgan fingerprint density at radius 2 is 1.36 bits per heavy atom. The van der Waals surface area contributed by atoms with Crippen LogP contribution in [0.1, 0.15) is 56.1 Å². The Morgan fingerprint density at radius 1 is 0.818 bits per heavy atom. The molecule has 0 fully saturated rings. The molecule has 1 atom stereocenters. The standard InChI is InChI=1S/C28H32N2O3/c1-6-20-7-17-25(18-8-20)33-19(2)26(31)29-23-13-15-24(16-14-23)30-27(32)21-9-11-22(12-10-21)28(3,4)5/h7-19H,6H2,1-5H3,(H,29,31)(H,30,32). The molecular formula is C28H32N2O3. The Morgan fingerprint density at radius 3 is 1.88 bits per heavy atom. The van der Waals surface area contributed by atoms with E-state index in [1.54, 1.807) is 31.2 Å². The third kappa shape index (κ3) is 6.69. The van der Waals surface area contributed by atoms with Crippen molar-refractivity contribution >= 4 is 23.2 Å². The number of hydrogen-bond acceptors (Lipinski definition) is 3. The maximum Gasteiger partial charge on any atom is 0.265 e. The van der Waals surface area contributed by atoms with Gasteiger partial charge in [-0.3, -0.25) is 9.59 Å². The van der Waals surface area contributed by atoms with E-state index in [9.17, 15) is 9.59 Å². The van der Waals surface area contributed by atoms with Crippen molar-refractivity contribution in [2.24, 2.45) is 0 Å². The molecule has 0 aliphatic heterocycles. The van der Waals surface area contributed by atoms with Gasteiger partial charge >= 0.3 is 0 Å². The molecule has 5 nitrogen and oxygen atoms in total. The van der Waals surface area contributed by atoms with E-state index < -0.39 is 6.10 Å². The zero-order valence-electron chi connectivity index (χ0n) is 19.9. The lowest BCUT2D eigenvalue weighted by Gasteiger charge is -2.19. The van der Waals surface area contributed by atoms with Crippen LogP contribution in [0.25, 0.3) is 0 Å². The lowest BCUT2D eigenvalue weighted by Crippen LogP contribution is -2.30. The first kappa shape index (κ1) is 24.1. The third-order valence-corrected chi connectivity index (χ3v) is 5.44. The average Bonchev–Trinajstić information content (AvgIpc) is 2.80. The van der Waals surface area contributed by atoms with Crippen molar-refractivity contribution in [2.45, 2.75) is 52.6 Å². The molecule has 0 saturated heterocycles. The zero-order valence-corrected chi connectivity index (χ0v) is 19.9. The summed E-state index contributed by atoms with van der Waals surface area (Å²) in [6.45, 7) is 10.2. The second kappa shape index (κ2) is 10.3. The molecule has 172 valence electrons. The van der Waals surface area contributed by atoms with Crippen LogP contribution in [0.15, 0.2) is 72.8 Å². The number of amides is 2. The molecule has 5 heteroatoms. The zero-order chi connectivity index (χ0) is 24.0. The molecule has 0 aliphatic rings. The van der Waals surface area contributed by atoms with E-state index in [2.05, 4.69) is 38.3 Å². The number of benzene rings is 3. The number of carbonyl (C=O) groups excluding carboxylic acids is 2. The first-order valence-electron chi connectivity index (χ1n) is 11.2. The molecule has 0 saturated carbocycles. The number of nitrogens with one attached hydrogen (secondary N) is 2. The number of rotatable bonds is 7. The minimum atomic E-state index is -0.645. The van der Waals surface area contributed by atoms with Crippen LogP contribution in [0, 0.1) is 0 Å². The number of ether oxygens (including phenoxy) is 1. The summed E-state index contributed by atoms with van der Waals surface area (Å²) in [6.07, 6.45) is 0.309. The average molecular weight is 445 g/mol. The van der Waals surface area contributed by atoms with Crippen LogP contribution in [0.3, 0.4) is 0 Å². The van der Waals surface area contributed by atoms with Crippen LogP contribution in [0.2, 0.25) is 0 Å². The maximum absolute atomic E-state index is 12.5. The van der Waals surface area contributed by atoms with Gasteiger partial charge < -0.3 is 15.4 Å². The topological polar surface area (TPSA) is 67.4 Å². The molecule has 0 radical (unpaired) electrons. The van der Waals surface area contributed by atoms with Gasteiger partial charge in [0.15, 0.2) is 6.10 Å². The molecule has 0 spiro atoms. The van der Waals surface area contributed by atoms with Gasteiger partial charge in [-0.1, -0.05) is 52.0 Å². The summed E-state index contributed by atoms with van der Waals surface area (Å²) in [6, 6.07) is 22.4. The second-order valence-electron chi connectivity index (χ2n) is 9.11. The monoisotopic (exact) mass is 444 g/mol. The van der Waals surface area contributed by atoms with Crippen LogP contribution >= 0.6 is 0 Å². The van der Waals surface area contributed by atoms with Gasteiger partial charge in [-0.05, 0) is 78.4 Å². The van der Waals surface area contributed by atoms with Gasteiger partial charge in [0.05, 0.1) is 0 Å². The van der Waals surface area contributed by atoms with Gasteiger partial charge in [-0.2, -0.15) is 0 Å². The molecule has 0 bridgehead atoms. The second-order valence-corrected chi connectivity index (χ2v) is 9.11. The van der Waals surface area contributed by atoms with E-state index in [4.69, 9.17) is 4.74 Å². The normalized spacial score (nSPS) is 12.0. The predicted molar refractivity (Wildman–Crippen MR) is 134 cm³/mol. The predicted octanol–water partition coefficient (Wildman–Crippen LogP) is 6.20. The smallest absolute Gasteiger partial charge is 0.265 e. The summed E-state index contributed by atoms with van der Waals surface area (Å²) < 4.78 is 5.73. The van der Waals surface area contributed by atoms with E-state index in [-0.39, 0.29) is 17.2 Å². The SMILES string of the molecule is CCc1ccc(OC(C)C(=O)Nc2ccc(NC(=O)c3ccc(C(C)(C)C)cc3)cc2)cc1. The van der Waals surface area contributed by atoms with Crippen molar-refractivity contribution < 1.29 is 14.3 Å². The number of carbonyl (C=O) groups is 2. The largest absolute Gasteiger partial charge is 0.481 e. The molecule has 3 rings (SSSR count). The van der Waals surface area contributed by atoms with Crippen LogP contribution in [-0.4, -0.2) is 17.9 Å². The van der Waals surface area contributed by atoms with Gasteiger partial charge in [0.25, 0.3) is 11.8 Å². The third-order valence-electron chi connectivity index (χ3n) is 5.44. The van der Waals surface area contributed by atoms with Crippen molar-refractivity contribution in [2.75, 3.05) is 10.6 Å². The highest BCUT2D eigenvalue weighted by atomic mass is 16.5. The fraction of sp³-hybridized carbons (Fsp3) is 0.286. The molecule has 2 N–H and O–H groups in total. The number of anilines is 2. The van der Waals surface area contributed by atoms with Crippen LogP contribution < -0.4 is 15.4 Å². The minimum Gasteiger partial charge on any atom is -0.481 e. The summed E-state index contributed by atoms with van der Waals surface area (Å²) in [7, 11) is 0. The van der Waals surface area contributed by atoms with Crippen LogP contribution in [-0.2, 0) is 16.6 Å². The fourth-order valence-corrected chi connectivity index (χ4v) is 3.27. The molecule has 3 aromatic rings. The summed E-state index contributed by atoms with van der Waals surface area (Å²) >= 11 is 0. The summed E-state index contributed by atoms with van der Waals surface area (Å²) in [5, 5.41) is 5.73. The molecular weight excluding hydrogens is 412 g/mol. The van der Waals surface area contributed by atoms with E-state index >= 15 is 0 Å². The van der Waals surface area contributed by atoms with Crippen molar-refractivity contribution in [3.63, 3.8) is 0 Å². The van der Waals surface area contributed by atoms with Crippen LogP contribution in [0.4, 0.5) is 11.4 Å². The summed E-state index contributed by atoms with van der Waals surface area (Å²) in [5.41, 5.74) is 4.31. The first-order chi connectivity index (χ1) is 15.7. The number of hydrogen-bond donors (Lipinski definition) is 2. The number of aryl methyl sites for hydroxylation is 1. The Bertz CT molecular complexity index is 1080. The van der Waals surface area contributed by atoms with Crippen molar-refractivity contribution in [1.29, 1.82) is 0 Å². The Labute approximate surface area is 196 Å². The lowest BCUT2D eigenvalue weighted by atomic mass is 9.87. The molecule has 3 aromatic carbocycles. The van der Waals surface area contributed by atoms with Gasteiger partial charge in [-0.25, -0.2) is 0 Å². The molecule has 0 aromatic heterocycles. The van der Waals surface area contributed by atoms with Gasteiger partial charge in [-0.15, -0.1) is 0 Å². The van der Waals surface area contributed by atoms with E-state index in [1.807, 2.05) is 48.5 Å². The van der Waals surface area contributed by atoms with Gasteiger partial charge in [0, 0.05) is 16.9 Å². The molecule has 2 amide bonds. The molecule has 0 aliphatic carbocycles. The van der Waals surface area contributed by atoms with Crippen molar-refractivity contribution in [3.05, 3.63) is 89.5 Å². The molecule has 0 heterocycles. The highest BCUT2D eigenvalue weighted by molar-refractivity contribution is 6.04. The quantitative estimate of drug-likeness (QED) is 0.456. The summed E-state index contributed by atoms with van der Waals surface area (Å²) in [5.74, 6) is 0.233. The highest BCUT2D eigenvalue weighted by Crippen LogP contribution is 2.23. The minimum absolute atomic E-state index is 0.0392. The molecule has 33 heavy (non-hydrogen) atoms. The fourth-order valence-electron chi connectivity index (χ4n) is 3.27. The van der Waals surface area contributed by atoms with E-state index in [0.717, 1.165) is 6.42 Å². The highest BCUT2D eigenvalue weighted by Gasteiger charge is 2.16. The van der Waals surface area contributed by atoms with Gasteiger partial charge in [0.2, 0.25) is 0 Å². The maximum atomic E-state index is 12.5. The lowest BCUT2D eigenvalue weighted by molar-refractivity contribution is -0.122. The Balaban J connectivity index is 1.54. The van der Waals surface area contributed by atoms with Crippen LogP contribution in [0.5, 0.6) is 5.75 Å². The Kier molecular flexibility index (Phi) is 7.54. The van der Waals surface area contributed by atoms with Gasteiger partial charge in [0.1, 0.15) is 5.75 Å². The van der Waals surface area contributed by atoms with E-state index in [1.165, 1.54) is 11.1 Å². The first-order valence-corrected chi connectivity index (χ1v) is 11.2.